The van der Waals surface area contributed by atoms with Gasteiger partial charge in [0.2, 0.25) is 0 Å². The number of fused-ring (bicyclic) bond motifs is 6. The first-order valence-electron chi connectivity index (χ1n) is 17.5. The summed E-state index contributed by atoms with van der Waals surface area (Å²) < 4.78 is 4.92. The lowest BCUT2D eigenvalue weighted by Crippen LogP contribution is -2.06. The van der Waals surface area contributed by atoms with Crippen molar-refractivity contribution in [1.82, 2.24) is 9.13 Å². The molecule has 2 nitrogen and oxygen atoms in total. The average molecular weight is 639 g/mol. The van der Waals surface area contributed by atoms with Gasteiger partial charge in [-0.25, -0.2) is 0 Å². The Hall–Kier alpha value is -6.38. The van der Waals surface area contributed by atoms with Gasteiger partial charge in [0.05, 0.1) is 22.2 Å². The number of nitrogens with zero attached hydrogens (tertiary/aromatic N) is 2. The van der Waals surface area contributed by atoms with E-state index >= 15 is 0 Å². The highest BCUT2D eigenvalue weighted by molar-refractivity contribution is 6.10. The Morgan fingerprint density at radius 3 is 1.70 bits per heavy atom. The average Bonchev–Trinajstić information content (AvgIpc) is 3.71. The molecule has 2 aromatic heterocycles. The maximum atomic E-state index is 2.50. The summed E-state index contributed by atoms with van der Waals surface area (Å²) >= 11 is 0. The first-order chi connectivity index (χ1) is 24.8. The summed E-state index contributed by atoms with van der Waals surface area (Å²) in [5.74, 6) is 0. The standard InChI is InChI=1S/C48H34N2/c1-3-13-33(14-4-1)35-25-28-38(29-26-35)49-45-23-9-8-20-42(45)44-32-37(27-30-47(44)49)40-21-12-22-43-41-19-7-10-24-46(41)50(48(40)43)39-18-11-17-36(31-39)34-15-5-2-6-16-34/h1-11,13-21,23-32H,12,22H2. The molecule has 0 unspecified atom stereocenters. The third-order valence-corrected chi connectivity index (χ3v) is 10.4. The van der Waals surface area contributed by atoms with Gasteiger partial charge in [0.1, 0.15) is 0 Å². The zero-order chi connectivity index (χ0) is 33.0. The largest absolute Gasteiger partial charge is 0.309 e. The van der Waals surface area contributed by atoms with Crippen molar-refractivity contribution >= 4 is 38.3 Å². The van der Waals surface area contributed by atoms with Gasteiger partial charge < -0.3 is 9.13 Å². The van der Waals surface area contributed by atoms with Crippen LogP contribution in [0.4, 0.5) is 0 Å². The van der Waals surface area contributed by atoms with Crippen LogP contribution in [0.2, 0.25) is 0 Å². The summed E-state index contributed by atoms with van der Waals surface area (Å²) in [5.41, 5.74) is 16.3. The molecule has 236 valence electrons. The fourth-order valence-electron chi connectivity index (χ4n) is 8.13. The Bertz CT molecular complexity index is 2720. The second kappa shape index (κ2) is 11.6. The monoisotopic (exact) mass is 638 g/mol. The molecule has 0 atom stereocenters. The normalized spacial score (nSPS) is 12.8. The van der Waals surface area contributed by atoms with Crippen LogP contribution in [0.1, 0.15) is 23.2 Å². The summed E-state index contributed by atoms with van der Waals surface area (Å²) in [6, 6.07) is 64.1. The molecule has 0 N–H and O–H groups in total. The van der Waals surface area contributed by atoms with E-state index in [4.69, 9.17) is 0 Å². The van der Waals surface area contributed by atoms with Crippen molar-refractivity contribution in [3.63, 3.8) is 0 Å². The molecule has 7 aromatic carbocycles. The Kier molecular flexibility index (Phi) is 6.67. The third kappa shape index (κ3) is 4.57. The molecule has 0 radical (unpaired) electrons. The predicted molar refractivity (Wildman–Crippen MR) is 210 cm³/mol. The number of aryl methyl sites for hydroxylation is 1. The van der Waals surface area contributed by atoms with Crippen LogP contribution in [0, 0.1) is 0 Å². The van der Waals surface area contributed by atoms with Crippen molar-refractivity contribution < 1.29 is 0 Å². The fraction of sp³-hybridized carbons (Fsp3) is 0.0417. The molecule has 0 saturated heterocycles. The van der Waals surface area contributed by atoms with E-state index in [1.807, 2.05) is 0 Å². The van der Waals surface area contributed by atoms with E-state index < -0.39 is 0 Å². The second-order valence-electron chi connectivity index (χ2n) is 13.2. The van der Waals surface area contributed by atoms with Crippen LogP contribution in [-0.4, -0.2) is 9.13 Å². The molecule has 2 heterocycles. The lowest BCUT2D eigenvalue weighted by molar-refractivity contribution is 0.956. The first-order valence-corrected chi connectivity index (χ1v) is 17.5. The summed E-state index contributed by atoms with van der Waals surface area (Å²) in [5, 5.41) is 3.88. The Morgan fingerprint density at radius 1 is 0.360 bits per heavy atom. The van der Waals surface area contributed by atoms with Gasteiger partial charge in [0.15, 0.2) is 0 Å². The van der Waals surface area contributed by atoms with E-state index in [1.165, 1.54) is 88.7 Å². The Morgan fingerprint density at radius 2 is 0.940 bits per heavy atom. The fourth-order valence-corrected chi connectivity index (χ4v) is 8.13. The number of benzene rings is 7. The molecule has 0 fully saturated rings. The van der Waals surface area contributed by atoms with Crippen LogP contribution in [-0.2, 0) is 6.42 Å². The molecule has 0 bridgehead atoms. The molecule has 0 saturated carbocycles. The highest BCUT2D eigenvalue weighted by atomic mass is 15.0. The molecule has 2 heteroatoms. The van der Waals surface area contributed by atoms with Gasteiger partial charge in [-0.2, -0.15) is 0 Å². The quantitative estimate of drug-likeness (QED) is 0.178. The molecule has 10 rings (SSSR count). The minimum Gasteiger partial charge on any atom is -0.309 e. The van der Waals surface area contributed by atoms with Crippen molar-refractivity contribution in [2.75, 3.05) is 0 Å². The Labute approximate surface area is 291 Å². The number of para-hydroxylation sites is 2. The van der Waals surface area contributed by atoms with Crippen molar-refractivity contribution in [2.45, 2.75) is 12.8 Å². The van der Waals surface area contributed by atoms with Crippen LogP contribution in [0.3, 0.4) is 0 Å². The van der Waals surface area contributed by atoms with Gasteiger partial charge in [-0.05, 0) is 94.8 Å². The maximum Gasteiger partial charge on any atom is 0.0575 e. The summed E-state index contributed by atoms with van der Waals surface area (Å²) in [6.45, 7) is 0. The zero-order valence-corrected chi connectivity index (χ0v) is 27.6. The predicted octanol–water partition coefficient (Wildman–Crippen LogP) is 12.4. The maximum absolute atomic E-state index is 2.50. The molecule has 1 aliphatic rings. The lowest BCUT2D eigenvalue weighted by Gasteiger charge is -2.20. The van der Waals surface area contributed by atoms with Gasteiger partial charge in [-0.1, -0.05) is 133 Å². The van der Waals surface area contributed by atoms with Gasteiger partial charge in [-0.3, -0.25) is 0 Å². The number of allylic oxidation sites excluding steroid dienone is 1. The zero-order valence-electron chi connectivity index (χ0n) is 27.6. The number of hydrogen-bond donors (Lipinski definition) is 0. The summed E-state index contributed by atoms with van der Waals surface area (Å²) in [7, 11) is 0. The van der Waals surface area contributed by atoms with Crippen molar-refractivity contribution in [3.8, 4) is 33.6 Å². The van der Waals surface area contributed by atoms with E-state index in [2.05, 4.69) is 191 Å². The topological polar surface area (TPSA) is 9.86 Å². The SMILES string of the molecule is C1=C(c2ccc3c(c2)c2ccccc2n3-c2ccc(-c3ccccc3)cc2)c2c(c3ccccc3n2-c2cccc(-c3ccccc3)c2)CC1. The van der Waals surface area contributed by atoms with Gasteiger partial charge in [0.25, 0.3) is 0 Å². The van der Waals surface area contributed by atoms with E-state index in [1.54, 1.807) is 0 Å². The highest BCUT2D eigenvalue weighted by Gasteiger charge is 2.25. The van der Waals surface area contributed by atoms with Crippen LogP contribution in [0.15, 0.2) is 182 Å². The molecule has 1 aliphatic carbocycles. The highest BCUT2D eigenvalue weighted by Crippen LogP contribution is 2.42. The smallest absolute Gasteiger partial charge is 0.0575 e. The molecule has 0 spiro atoms. The second-order valence-corrected chi connectivity index (χ2v) is 13.2. The number of aromatic nitrogens is 2. The molecular formula is C48H34N2. The van der Waals surface area contributed by atoms with E-state index in [0.717, 1.165) is 12.8 Å². The van der Waals surface area contributed by atoms with E-state index in [-0.39, 0.29) is 0 Å². The number of hydrogen-bond acceptors (Lipinski definition) is 0. The van der Waals surface area contributed by atoms with Gasteiger partial charge in [-0.15, -0.1) is 0 Å². The molecule has 0 amide bonds. The van der Waals surface area contributed by atoms with Gasteiger partial charge in [0, 0.05) is 33.1 Å². The molecule has 50 heavy (non-hydrogen) atoms. The van der Waals surface area contributed by atoms with Crippen LogP contribution in [0.5, 0.6) is 0 Å². The molecular weight excluding hydrogens is 605 g/mol. The minimum atomic E-state index is 1.02. The van der Waals surface area contributed by atoms with E-state index in [0.29, 0.717) is 0 Å². The van der Waals surface area contributed by atoms with Crippen LogP contribution in [0.25, 0.3) is 71.9 Å². The van der Waals surface area contributed by atoms with Crippen LogP contribution >= 0.6 is 0 Å². The first kappa shape index (κ1) is 28.6. The summed E-state index contributed by atoms with van der Waals surface area (Å²) in [6.07, 6.45) is 4.51. The lowest BCUT2D eigenvalue weighted by atomic mass is 9.90. The molecule has 0 aliphatic heterocycles. The number of rotatable bonds is 5. The van der Waals surface area contributed by atoms with Crippen LogP contribution < -0.4 is 0 Å². The van der Waals surface area contributed by atoms with E-state index in [9.17, 15) is 0 Å². The van der Waals surface area contributed by atoms with Crippen molar-refractivity contribution in [2.24, 2.45) is 0 Å². The minimum absolute atomic E-state index is 1.02. The van der Waals surface area contributed by atoms with Crippen molar-refractivity contribution in [1.29, 1.82) is 0 Å². The third-order valence-electron chi connectivity index (χ3n) is 10.4. The molecule has 9 aromatic rings. The van der Waals surface area contributed by atoms with Gasteiger partial charge >= 0.3 is 0 Å². The summed E-state index contributed by atoms with van der Waals surface area (Å²) in [4.78, 5) is 0. The van der Waals surface area contributed by atoms with Crippen molar-refractivity contribution in [3.05, 3.63) is 199 Å². The Balaban J connectivity index is 1.14.